The number of carbonyl (C=O) groups is 1. The second kappa shape index (κ2) is 7.54. The molecule has 0 aromatic heterocycles. The van der Waals surface area contributed by atoms with E-state index in [9.17, 15) is 4.79 Å². The molecule has 0 unspecified atom stereocenters. The number of fused-ring (bicyclic) bond motifs is 1. The number of benzene rings is 3. The Morgan fingerprint density at radius 1 is 0.889 bits per heavy atom. The summed E-state index contributed by atoms with van der Waals surface area (Å²) >= 11 is 0. The number of carbonyl (C=O) groups excluding carboxylic acids is 1. The molecule has 0 bridgehead atoms. The lowest BCUT2D eigenvalue weighted by Crippen LogP contribution is -2.41. The van der Waals surface area contributed by atoms with E-state index in [0.29, 0.717) is 18.7 Å². The number of rotatable bonds is 4. The molecule has 0 saturated carbocycles. The van der Waals surface area contributed by atoms with E-state index in [1.807, 2.05) is 66.7 Å². The summed E-state index contributed by atoms with van der Waals surface area (Å²) in [7, 11) is 1.79. The molecule has 4 heteroatoms. The Morgan fingerprint density at radius 3 is 2.26 bits per heavy atom. The molecule has 4 rings (SSSR count). The second-order valence-electron chi connectivity index (χ2n) is 6.63. The van der Waals surface area contributed by atoms with Gasteiger partial charge in [0.25, 0.3) is 5.91 Å². The van der Waals surface area contributed by atoms with Crippen LogP contribution in [0.3, 0.4) is 0 Å². The van der Waals surface area contributed by atoms with Gasteiger partial charge >= 0.3 is 0 Å². The van der Waals surface area contributed by atoms with E-state index in [4.69, 9.17) is 9.47 Å². The van der Waals surface area contributed by atoms with Gasteiger partial charge in [0.2, 0.25) is 0 Å². The summed E-state index contributed by atoms with van der Waals surface area (Å²) in [5.41, 5.74) is 2.89. The molecule has 1 heterocycles. The van der Waals surface area contributed by atoms with Crippen molar-refractivity contribution < 1.29 is 14.3 Å². The van der Waals surface area contributed by atoms with Crippen LogP contribution in [0, 0.1) is 0 Å². The maximum atomic E-state index is 12.7. The molecule has 0 radical (unpaired) electrons. The highest BCUT2D eigenvalue weighted by Crippen LogP contribution is 2.31. The first-order chi connectivity index (χ1) is 13.2. The predicted molar refractivity (Wildman–Crippen MR) is 105 cm³/mol. The minimum atomic E-state index is -0.183. The van der Waals surface area contributed by atoms with Gasteiger partial charge in [0.1, 0.15) is 6.61 Å². The molecule has 136 valence electrons. The van der Waals surface area contributed by atoms with Crippen LogP contribution in [0.2, 0.25) is 0 Å². The molecule has 3 aromatic rings. The summed E-state index contributed by atoms with van der Waals surface area (Å²) in [5, 5.41) is 0. The van der Waals surface area contributed by atoms with E-state index in [0.717, 1.165) is 22.6 Å². The van der Waals surface area contributed by atoms with Crippen LogP contribution < -0.4 is 9.47 Å². The maximum Gasteiger partial charge on any atom is 0.253 e. The highest BCUT2D eigenvalue weighted by molar-refractivity contribution is 5.94. The van der Waals surface area contributed by atoms with E-state index < -0.39 is 0 Å². The summed E-state index contributed by atoms with van der Waals surface area (Å²) in [6, 6.07) is 25.4. The van der Waals surface area contributed by atoms with Crippen molar-refractivity contribution >= 4 is 5.91 Å². The molecule has 0 spiro atoms. The minimum Gasteiger partial charge on any atom is -0.486 e. The average Bonchev–Trinajstić information content (AvgIpc) is 2.74. The number of amides is 1. The first-order valence-electron chi connectivity index (χ1n) is 9.00. The van der Waals surface area contributed by atoms with Gasteiger partial charge in [-0.05, 0) is 35.4 Å². The van der Waals surface area contributed by atoms with Crippen molar-refractivity contribution in [2.24, 2.45) is 0 Å². The third-order valence-corrected chi connectivity index (χ3v) is 4.63. The Labute approximate surface area is 159 Å². The zero-order valence-corrected chi connectivity index (χ0v) is 15.2. The summed E-state index contributed by atoms with van der Waals surface area (Å²) in [5.74, 6) is 1.44. The van der Waals surface area contributed by atoms with Crippen LogP contribution >= 0.6 is 0 Å². The van der Waals surface area contributed by atoms with Crippen LogP contribution in [-0.2, 0) is 0 Å². The van der Waals surface area contributed by atoms with Crippen molar-refractivity contribution in [3.8, 4) is 22.6 Å². The van der Waals surface area contributed by atoms with Gasteiger partial charge in [-0.3, -0.25) is 4.79 Å². The lowest BCUT2D eigenvalue weighted by Gasteiger charge is -2.29. The molecule has 0 N–H and O–H groups in total. The van der Waals surface area contributed by atoms with Crippen molar-refractivity contribution in [1.82, 2.24) is 4.90 Å². The number of hydrogen-bond donors (Lipinski definition) is 0. The minimum absolute atomic E-state index is 0.0305. The van der Waals surface area contributed by atoms with Crippen molar-refractivity contribution in [2.45, 2.75) is 6.10 Å². The number of nitrogens with zero attached hydrogens (tertiary/aromatic N) is 1. The lowest BCUT2D eigenvalue weighted by atomic mass is 10.0. The van der Waals surface area contributed by atoms with E-state index in [2.05, 4.69) is 12.1 Å². The largest absolute Gasteiger partial charge is 0.486 e. The smallest absolute Gasteiger partial charge is 0.253 e. The first kappa shape index (κ1) is 17.2. The summed E-state index contributed by atoms with van der Waals surface area (Å²) in [6.07, 6.45) is -0.183. The topological polar surface area (TPSA) is 38.8 Å². The molecule has 0 aliphatic carbocycles. The monoisotopic (exact) mass is 359 g/mol. The molecule has 3 aromatic carbocycles. The Bertz CT molecular complexity index is 922. The molecular weight excluding hydrogens is 338 g/mol. The van der Waals surface area contributed by atoms with Gasteiger partial charge in [0, 0.05) is 12.6 Å². The SMILES string of the molecule is CN(C[C@@H]1COc2ccccc2O1)C(=O)c1ccc(-c2ccccc2)cc1. The highest BCUT2D eigenvalue weighted by atomic mass is 16.6. The number of likely N-dealkylation sites (N-methyl/N-ethyl adjacent to an activating group) is 1. The average molecular weight is 359 g/mol. The van der Waals surface area contributed by atoms with Crippen LogP contribution in [0.1, 0.15) is 10.4 Å². The van der Waals surface area contributed by atoms with Crippen molar-refractivity contribution in [2.75, 3.05) is 20.2 Å². The molecule has 1 atom stereocenters. The molecule has 1 aliphatic heterocycles. The van der Waals surface area contributed by atoms with Crippen molar-refractivity contribution in [3.05, 3.63) is 84.4 Å². The van der Waals surface area contributed by atoms with Crippen molar-refractivity contribution in [3.63, 3.8) is 0 Å². The standard InChI is InChI=1S/C23H21NO3/c1-24(15-20-16-26-21-9-5-6-10-22(21)27-20)23(25)19-13-11-18(12-14-19)17-7-3-2-4-8-17/h2-14,20H,15-16H2,1H3/t20-/m1/s1. The molecule has 1 amide bonds. The zero-order chi connectivity index (χ0) is 18.6. The van der Waals surface area contributed by atoms with Crippen molar-refractivity contribution in [1.29, 1.82) is 0 Å². The quantitative estimate of drug-likeness (QED) is 0.698. The van der Waals surface area contributed by atoms with Gasteiger partial charge in [-0.15, -0.1) is 0 Å². The van der Waals surface area contributed by atoms with Gasteiger partial charge in [0.05, 0.1) is 6.54 Å². The highest BCUT2D eigenvalue weighted by Gasteiger charge is 2.24. The van der Waals surface area contributed by atoms with Crippen LogP contribution in [-0.4, -0.2) is 37.1 Å². The van der Waals surface area contributed by atoms with E-state index in [1.54, 1.807) is 11.9 Å². The normalized spacial score (nSPS) is 15.2. The van der Waals surface area contributed by atoms with Gasteiger partial charge in [-0.1, -0.05) is 54.6 Å². The summed E-state index contributed by atoms with van der Waals surface area (Å²) in [4.78, 5) is 14.4. The molecule has 0 fully saturated rings. The number of hydrogen-bond acceptors (Lipinski definition) is 3. The van der Waals surface area contributed by atoms with Crippen LogP contribution in [0.5, 0.6) is 11.5 Å². The number of para-hydroxylation sites is 2. The molecule has 27 heavy (non-hydrogen) atoms. The van der Waals surface area contributed by atoms with Gasteiger partial charge in [-0.2, -0.15) is 0 Å². The fourth-order valence-corrected chi connectivity index (χ4v) is 3.20. The molecular formula is C23H21NO3. The first-order valence-corrected chi connectivity index (χ1v) is 9.00. The fraction of sp³-hybridized carbons (Fsp3) is 0.174. The number of ether oxygens (including phenoxy) is 2. The van der Waals surface area contributed by atoms with Crippen LogP contribution in [0.25, 0.3) is 11.1 Å². The summed E-state index contributed by atoms with van der Waals surface area (Å²) < 4.78 is 11.7. The molecule has 4 nitrogen and oxygen atoms in total. The van der Waals surface area contributed by atoms with Gasteiger partial charge < -0.3 is 14.4 Å². The molecule has 0 saturated heterocycles. The Hall–Kier alpha value is -3.27. The fourth-order valence-electron chi connectivity index (χ4n) is 3.20. The third-order valence-electron chi connectivity index (χ3n) is 4.63. The summed E-state index contributed by atoms with van der Waals surface area (Å²) in [6.45, 7) is 0.898. The Kier molecular flexibility index (Phi) is 4.79. The lowest BCUT2D eigenvalue weighted by molar-refractivity contribution is 0.0521. The van der Waals surface area contributed by atoms with Gasteiger partial charge in [0.15, 0.2) is 17.6 Å². The van der Waals surface area contributed by atoms with E-state index in [-0.39, 0.29) is 12.0 Å². The second-order valence-corrected chi connectivity index (χ2v) is 6.63. The van der Waals surface area contributed by atoms with Gasteiger partial charge in [-0.25, -0.2) is 0 Å². The maximum absolute atomic E-state index is 12.7. The van der Waals surface area contributed by atoms with Crippen LogP contribution in [0.15, 0.2) is 78.9 Å². The zero-order valence-electron chi connectivity index (χ0n) is 15.2. The third kappa shape index (κ3) is 3.80. The Balaban J connectivity index is 1.41. The van der Waals surface area contributed by atoms with E-state index >= 15 is 0 Å². The van der Waals surface area contributed by atoms with E-state index in [1.165, 1.54) is 0 Å². The van der Waals surface area contributed by atoms with Crippen LogP contribution in [0.4, 0.5) is 0 Å². The Morgan fingerprint density at radius 2 is 1.52 bits per heavy atom. The predicted octanol–water partition coefficient (Wildman–Crippen LogP) is 4.27. The molecule has 1 aliphatic rings.